The molecule has 6 nitrogen and oxygen atoms in total. The van der Waals surface area contributed by atoms with Gasteiger partial charge in [0, 0.05) is 25.3 Å². The summed E-state index contributed by atoms with van der Waals surface area (Å²) in [6.45, 7) is 8.33. The molecule has 0 aliphatic carbocycles. The molecule has 2 atom stereocenters. The number of hydrogen-bond donors (Lipinski definition) is 2. The van der Waals surface area contributed by atoms with Crippen LogP contribution < -0.4 is 10.6 Å². The summed E-state index contributed by atoms with van der Waals surface area (Å²) in [6, 6.07) is 6.78. The quantitative estimate of drug-likeness (QED) is 0.615. The van der Waals surface area contributed by atoms with Gasteiger partial charge in [-0.25, -0.2) is 0 Å². The molecule has 6 heteroatoms. The average molecular weight is 376 g/mol. The molecule has 1 aromatic carbocycles. The third-order valence-electron chi connectivity index (χ3n) is 4.61. The maximum absolute atomic E-state index is 12.5. The van der Waals surface area contributed by atoms with Gasteiger partial charge in [-0.2, -0.15) is 0 Å². The molecule has 0 radical (unpaired) electrons. The molecule has 2 amide bonds. The second kappa shape index (κ2) is 11.0. The predicted molar refractivity (Wildman–Crippen MR) is 105 cm³/mol. The molecule has 2 rings (SSSR count). The van der Waals surface area contributed by atoms with Crippen molar-refractivity contribution in [1.82, 2.24) is 10.6 Å². The number of hydrogen-bond acceptors (Lipinski definition) is 4. The summed E-state index contributed by atoms with van der Waals surface area (Å²) >= 11 is 0. The van der Waals surface area contributed by atoms with Crippen LogP contribution in [0.15, 0.2) is 24.3 Å². The van der Waals surface area contributed by atoms with Crippen molar-refractivity contribution in [2.45, 2.75) is 52.2 Å². The lowest BCUT2D eigenvalue weighted by Crippen LogP contribution is -2.50. The van der Waals surface area contributed by atoms with E-state index in [1.165, 1.54) is 0 Å². The van der Waals surface area contributed by atoms with Crippen LogP contribution in [0, 0.1) is 12.8 Å². The summed E-state index contributed by atoms with van der Waals surface area (Å²) in [7, 11) is 0. The third-order valence-corrected chi connectivity index (χ3v) is 4.61. The number of benzene rings is 1. The van der Waals surface area contributed by atoms with Crippen molar-refractivity contribution in [2.24, 2.45) is 5.92 Å². The standard InChI is InChI=1S/C21H32N2O4/c1-15(2)19(23-20(24)17-8-4-7-16(3)13-17)21(25)22-10-6-11-26-14-18-9-5-12-27-18/h4,7-8,13,15,18-19H,5-6,9-12,14H2,1-3H3,(H,22,25)(H,23,24). The molecule has 0 saturated carbocycles. The van der Waals surface area contributed by atoms with Crippen LogP contribution in [-0.4, -0.2) is 50.3 Å². The van der Waals surface area contributed by atoms with Crippen molar-refractivity contribution in [2.75, 3.05) is 26.4 Å². The maximum Gasteiger partial charge on any atom is 0.251 e. The zero-order valence-electron chi connectivity index (χ0n) is 16.6. The van der Waals surface area contributed by atoms with Gasteiger partial charge in [-0.3, -0.25) is 9.59 Å². The number of ether oxygens (including phenoxy) is 2. The van der Waals surface area contributed by atoms with Crippen molar-refractivity contribution in [3.63, 3.8) is 0 Å². The molecule has 0 bridgehead atoms. The monoisotopic (exact) mass is 376 g/mol. The largest absolute Gasteiger partial charge is 0.379 e. The molecule has 1 saturated heterocycles. The van der Waals surface area contributed by atoms with E-state index in [1.807, 2.05) is 39.0 Å². The van der Waals surface area contributed by atoms with Gasteiger partial charge in [-0.15, -0.1) is 0 Å². The number of nitrogens with one attached hydrogen (secondary N) is 2. The molecule has 1 aliphatic rings. The van der Waals surface area contributed by atoms with Gasteiger partial charge < -0.3 is 20.1 Å². The summed E-state index contributed by atoms with van der Waals surface area (Å²) in [5.41, 5.74) is 1.58. The van der Waals surface area contributed by atoms with E-state index in [0.29, 0.717) is 25.3 Å². The minimum absolute atomic E-state index is 0.00507. The molecule has 1 heterocycles. The number of carbonyl (C=O) groups is 2. The Labute approximate surface area is 162 Å². The van der Waals surface area contributed by atoms with Gasteiger partial charge in [0.2, 0.25) is 5.91 Å². The Kier molecular flexibility index (Phi) is 8.75. The maximum atomic E-state index is 12.5. The predicted octanol–water partition coefficient (Wildman–Crippen LogP) is 2.45. The third kappa shape index (κ3) is 7.31. The Morgan fingerprint density at radius 2 is 2.15 bits per heavy atom. The van der Waals surface area contributed by atoms with Gasteiger partial charge in [0.25, 0.3) is 5.91 Å². The lowest BCUT2D eigenvalue weighted by Gasteiger charge is -2.22. The van der Waals surface area contributed by atoms with Crippen LogP contribution in [0.1, 0.15) is 49.0 Å². The molecule has 0 aromatic heterocycles. The summed E-state index contributed by atoms with van der Waals surface area (Å²) in [6.07, 6.45) is 3.12. The summed E-state index contributed by atoms with van der Waals surface area (Å²) < 4.78 is 11.1. The van der Waals surface area contributed by atoms with E-state index >= 15 is 0 Å². The molecule has 2 N–H and O–H groups in total. The topological polar surface area (TPSA) is 76.7 Å². The van der Waals surface area contributed by atoms with Gasteiger partial charge in [-0.05, 0) is 44.2 Å². The normalized spacial score (nSPS) is 17.7. The van der Waals surface area contributed by atoms with Gasteiger partial charge >= 0.3 is 0 Å². The highest BCUT2D eigenvalue weighted by Crippen LogP contribution is 2.12. The fourth-order valence-electron chi connectivity index (χ4n) is 3.03. The molecule has 1 fully saturated rings. The number of rotatable bonds is 10. The van der Waals surface area contributed by atoms with Crippen molar-refractivity contribution >= 4 is 11.8 Å². The van der Waals surface area contributed by atoms with Crippen LogP contribution in [0.25, 0.3) is 0 Å². The molecular weight excluding hydrogens is 344 g/mol. The SMILES string of the molecule is Cc1cccc(C(=O)NC(C(=O)NCCCOCC2CCCO2)C(C)C)c1. The van der Waals surface area contributed by atoms with E-state index < -0.39 is 6.04 Å². The second-order valence-corrected chi connectivity index (χ2v) is 7.42. The first kappa shape index (κ1) is 21.4. The summed E-state index contributed by atoms with van der Waals surface area (Å²) in [5.74, 6) is -0.396. The van der Waals surface area contributed by atoms with Crippen LogP contribution in [0.4, 0.5) is 0 Å². The van der Waals surface area contributed by atoms with Gasteiger partial charge in [0.1, 0.15) is 6.04 Å². The minimum atomic E-state index is -0.564. The van der Waals surface area contributed by atoms with Crippen LogP contribution in [0.5, 0.6) is 0 Å². The highest BCUT2D eigenvalue weighted by atomic mass is 16.5. The fraction of sp³-hybridized carbons (Fsp3) is 0.619. The Bertz CT molecular complexity index is 612. The Morgan fingerprint density at radius 3 is 2.81 bits per heavy atom. The highest BCUT2D eigenvalue weighted by molar-refractivity contribution is 5.97. The van der Waals surface area contributed by atoms with E-state index in [9.17, 15) is 9.59 Å². The van der Waals surface area contributed by atoms with E-state index in [0.717, 1.165) is 31.4 Å². The molecule has 1 aliphatic heterocycles. The fourth-order valence-corrected chi connectivity index (χ4v) is 3.03. The number of amides is 2. The summed E-state index contributed by atoms with van der Waals surface area (Å²) in [4.78, 5) is 24.9. The van der Waals surface area contributed by atoms with Crippen LogP contribution in [0.3, 0.4) is 0 Å². The van der Waals surface area contributed by atoms with Gasteiger partial charge in [-0.1, -0.05) is 31.5 Å². The van der Waals surface area contributed by atoms with E-state index in [1.54, 1.807) is 6.07 Å². The Balaban J connectivity index is 1.71. The first-order valence-electron chi connectivity index (χ1n) is 9.82. The van der Waals surface area contributed by atoms with Crippen molar-refractivity contribution in [3.8, 4) is 0 Å². The highest BCUT2D eigenvalue weighted by Gasteiger charge is 2.24. The zero-order valence-corrected chi connectivity index (χ0v) is 16.6. The molecule has 0 spiro atoms. The first-order chi connectivity index (χ1) is 13.0. The number of aryl methyl sites for hydroxylation is 1. The van der Waals surface area contributed by atoms with Crippen LogP contribution in [-0.2, 0) is 14.3 Å². The van der Waals surface area contributed by atoms with Crippen LogP contribution >= 0.6 is 0 Å². The number of carbonyl (C=O) groups excluding carboxylic acids is 2. The minimum Gasteiger partial charge on any atom is -0.379 e. The molecule has 1 aromatic rings. The van der Waals surface area contributed by atoms with E-state index in [4.69, 9.17) is 9.47 Å². The van der Waals surface area contributed by atoms with Crippen LogP contribution in [0.2, 0.25) is 0 Å². The smallest absolute Gasteiger partial charge is 0.251 e. The van der Waals surface area contributed by atoms with E-state index in [2.05, 4.69) is 10.6 Å². The van der Waals surface area contributed by atoms with Crippen molar-refractivity contribution < 1.29 is 19.1 Å². The average Bonchev–Trinajstić information content (AvgIpc) is 3.15. The van der Waals surface area contributed by atoms with Crippen molar-refractivity contribution in [1.29, 1.82) is 0 Å². The lowest BCUT2D eigenvalue weighted by molar-refractivity contribution is -0.124. The zero-order chi connectivity index (χ0) is 19.6. The summed E-state index contributed by atoms with van der Waals surface area (Å²) in [5, 5.41) is 5.75. The Morgan fingerprint density at radius 1 is 1.33 bits per heavy atom. The molecule has 27 heavy (non-hydrogen) atoms. The van der Waals surface area contributed by atoms with Crippen molar-refractivity contribution in [3.05, 3.63) is 35.4 Å². The molecule has 2 unspecified atom stereocenters. The first-order valence-corrected chi connectivity index (χ1v) is 9.82. The van der Waals surface area contributed by atoms with E-state index in [-0.39, 0.29) is 23.8 Å². The Hall–Kier alpha value is -1.92. The molecular formula is C21H32N2O4. The van der Waals surface area contributed by atoms with Gasteiger partial charge in [0.15, 0.2) is 0 Å². The van der Waals surface area contributed by atoms with Gasteiger partial charge in [0.05, 0.1) is 12.7 Å². The second-order valence-electron chi connectivity index (χ2n) is 7.42. The molecule has 150 valence electrons. The lowest BCUT2D eigenvalue weighted by atomic mass is 10.0.